The molecule has 1 unspecified atom stereocenters. The summed E-state index contributed by atoms with van der Waals surface area (Å²) in [5.41, 5.74) is 1.63. The molecule has 4 heteroatoms. The molecule has 2 rings (SSSR count). The van der Waals surface area contributed by atoms with Crippen molar-refractivity contribution in [3.05, 3.63) is 65.2 Å². The van der Waals surface area contributed by atoms with Gasteiger partial charge in [0.25, 0.3) is 0 Å². The number of hydrogen-bond acceptors (Lipinski definition) is 3. The zero-order valence-corrected chi connectivity index (χ0v) is 11.4. The van der Waals surface area contributed by atoms with Gasteiger partial charge in [0.15, 0.2) is 0 Å². The molecule has 1 N–H and O–H groups in total. The lowest BCUT2D eigenvalue weighted by atomic mass is 9.96. The summed E-state index contributed by atoms with van der Waals surface area (Å²) in [5, 5.41) is 9.30. The van der Waals surface area contributed by atoms with Gasteiger partial charge >= 0.3 is 5.97 Å². The van der Waals surface area contributed by atoms with Crippen molar-refractivity contribution in [2.75, 3.05) is 14.2 Å². The lowest BCUT2D eigenvalue weighted by Crippen LogP contribution is -2.11. The Morgan fingerprint density at radius 2 is 1.60 bits per heavy atom. The van der Waals surface area contributed by atoms with E-state index < -0.39 is 12.1 Å². The normalized spacial score (nSPS) is 11.9. The number of hydrogen-bond donors (Lipinski definition) is 1. The largest absolute Gasteiger partial charge is 0.496 e. The van der Waals surface area contributed by atoms with E-state index in [2.05, 4.69) is 0 Å². The molecule has 4 nitrogen and oxygen atoms in total. The minimum Gasteiger partial charge on any atom is -0.496 e. The summed E-state index contributed by atoms with van der Waals surface area (Å²) in [6, 6.07) is 14.2. The molecular formula is C16H16O4. The second-order valence-electron chi connectivity index (χ2n) is 4.25. The summed E-state index contributed by atoms with van der Waals surface area (Å²) in [5.74, 6) is -0.308. The monoisotopic (exact) mass is 272 g/mol. The summed E-state index contributed by atoms with van der Waals surface area (Å²) < 4.78 is 10.8. The molecule has 0 aliphatic heterocycles. The molecule has 1 atom stereocenters. The first-order chi connectivity index (χ1) is 9.69. The Balaban J connectivity index is 2.56. The van der Waals surface area contributed by atoms with E-state index in [-0.39, 0.29) is 5.56 Å². The van der Waals surface area contributed by atoms with E-state index in [1.54, 1.807) is 38.5 Å². The number of rotatable bonds is 5. The SMILES string of the molecule is COc1ccccc1C(OC)c1ccccc1C(=O)O. The number of carboxylic acids is 1. The molecule has 0 amide bonds. The minimum atomic E-state index is -0.974. The van der Waals surface area contributed by atoms with Crippen LogP contribution in [-0.4, -0.2) is 25.3 Å². The van der Waals surface area contributed by atoms with Crippen LogP contribution in [0.2, 0.25) is 0 Å². The van der Waals surface area contributed by atoms with Gasteiger partial charge in [-0.15, -0.1) is 0 Å². The first-order valence-corrected chi connectivity index (χ1v) is 6.17. The third-order valence-electron chi connectivity index (χ3n) is 3.13. The van der Waals surface area contributed by atoms with Gasteiger partial charge in [0, 0.05) is 12.7 Å². The predicted octanol–water partition coefficient (Wildman–Crippen LogP) is 3.13. The minimum absolute atomic E-state index is 0.227. The summed E-state index contributed by atoms with van der Waals surface area (Å²) in [6.07, 6.45) is -0.488. The van der Waals surface area contributed by atoms with Gasteiger partial charge in [0.2, 0.25) is 0 Å². The highest BCUT2D eigenvalue weighted by Crippen LogP contribution is 2.33. The van der Waals surface area contributed by atoms with Crippen molar-refractivity contribution in [1.82, 2.24) is 0 Å². The molecular weight excluding hydrogens is 256 g/mol. The Labute approximate surface area is 117 Å². The zero-order chi connectivity index (χ0) is 14.5. The number of aromatic carboxylic acids is 1. The highest BCUT2D eigenvalue weighted by atomic mass is 16.5. The topological polar surface area (TPSA) is 55.8 Å². The lowest BCUT2D eigenvalue weighted by Gasteiger charge is -2.20. The van der Waals surface area contributed by atoms with Gasteiger partial charge in [-0.05, 0) is 17.7 Å². The van der Waals surface area contributed by atoms with Gasteiger partial charge in [-0.3, -0.25) is 0 Å². The summed E-state index contributed by atoms with van der Waals surface area (Å²) in [4.78, 5) is 11.3. The van der Waals surface area contributed by atoms with Crippen molar-refractivity contribution in [3.8, 4) is 5.75 Å². The van der Waals surface area contributed by atoms with E-state index in [0.29, 0.717) is 11.3 Å². The average Bonchev–Trinajstić information content (AvgIpc) is 2.49. The van der Waals surface area contributed by atoms with E-state index in [1.165, 1.54) is 0 Å². The van der Waals surface area contributed by atoms with E-state index in [0.717, 1.165) is 5.56 Å². The molecule has 0 aromatic heterocycles. The first-order valence-electron chi connectivity index (χ1n) is 6.17. The molecule has 2 aromatic rings. The quantitative estimate of drug-likeness (QED) is 0.908. The number of carboxylic acid groups (broad SMARTS) is 1. The Morgan fingerprint density at radius 1 is 1.00 bits per heavy atom. The van der Waals surface area contributed by atoms with Gasteiger partial charge in [-0.2, -0.15) is 0 Å². The molecule has 0 radical (unpaired) electrons. The molecule has 104 valence electrons. The average molecular weight is 272 g/mol. The van der Waals surface area contributed by atoms with E-state index in [1.807, 2.05) is 24.3 Å². The molecule has 0 saturated heterocycles. The van der Waals surface area contributed by atoms with Crippen LogP contribution in [0.15, 0.2) is 48.5 Å². The fourth-order valence-electron chi connectivity index (χ4n) is 2.22. The fraction of sp³-hybridized carbons (Fsp3) is 0.188. The molecule has 0 fully saturated rings. The molecule has 0 heterocycles. The van der Waals surface area contributed by atoms with Crippen LogP contribution in [0.3, 0.4) is 0 Å². The summed E-state index contributed by atoms with van der Waals surface area (Å²) >= 11 is 0. The Bertz CT molecular complexity index is 607. The molecule has 0 aliphatic rings. The van der Waals surface area contributed by atoms with Crippen LogP contribution in [0.4, 0.5) is 0 Å². The number of carbonyl (C=O) groups is 1. The van der Waals surface area contributed by atoms with Gasteiger partial charge < -0.3 is 14.6 Å². The van der Waals surface area contributed by atoms with Crippen LogP contribution >= 0.6 is 0 Å². The fourth-order valence-corrected chi connectivity index (χ4v) is 2.22. The van der Waals surface area contributed by atoms with Crippen LogP contribution in [0.5, 0.6) is 5.75 Å². The third-order valence-corrected chi connectivity index (χ3v) is 3.13. The van der Waals surface area contributed by atoms with Crippen molar-refractivity contribution >= 4 is 5.97 Å². The van der Waals surface area contributed by atoms with E-state index >= 15 is 0 Å². The van der Waals surface area contributed by atoms with Crippen LogP contribution in [0, 0.1) is 0 Å². The van der Waals surface area contributed by atoms with Gasteiger partial charge in [0.1, 0.15) is 11.9 Å². The highest BCUT2D eigenvalue weighted by molar-refractivity contribution is 5.89. The second kappa shape index (κ2) is 6.21. The molecule has 0 spiro atoms. The summed E-state index contributed by atoms with van der Waals surface area (Å²) in [7, 11) is 3.13. The zero-order valence-electron chi connectivity index (χ0n) is 11.4. The smallest absolute Gasteiger partial charge is 0.336 e. The Morgan fingerprint density at radius 3 is 2.20 bits per heavy atom. The van der Waals surface area contributed by atoms with Crippen molar-refractivity contribution in [1.29, 1.82) is 0 Å². The van der Waals surface area contributed by atoms with Crippen LogP contribution in [-0.2, 0) is 4.74 Å². The molecule has 0 aliphatic carbocycles. The van der Waals surface area contributed by atoms with Crippen LogP contribution < -0.4 is 4.74 Å². The van der Waals surface area contributed by atoms with Crippen molar-refractivity contribution in [2.24, 2.45) is 0 Å². The Hall–Kier alpha value is -2.33. The van der Waals surface area contributed by atoms with Gasteiger partial charge in [-0.1, -0.05) is 36.4 Å². The number of methoxy groups -OCH3 is 2. The van der Waals surface area contributed by atoms with Crippen LogP contribution in [0.25, 0.3) is 0 Å². The molecule has 0 bridgehead atoms. The van der Waals surface area contributed by atoms with Crippen molar-refractivity contribution < 1.29 is 19.4 Å². The molecule has 20 heavy (non-hydrogen) atoms. The number of para-hydroxylation sites is 1. The number of benzene rings is 2. The first kappa shape index (κ1) is 14.1. The Kier molecular flexibility index (Phi) is 4.38. The second-order valence-corrected chi connectivity index (χ2v) is 4.25. The van der Waals surface area contributed by atoms with E-state index in [4.69, 9.17) is 9.47 Å². The van der Waals surface area contributed by atoms with Crippen molar-refractivity contribution in [2.45, 2.75) is 6.10 Å². The van der Waals surface area contributed by atoms with Gasteiger partial charge in [-0.25, -0.2) is 4.79 Å². The van der Waals surface area contributed by atoms with Gasteiger partial charge in [0.05, 0.1) is 12.7 Å². The highest BCUT2D eigenvalue weighted by Gasteiger charge is 2.22. The predicted molar refractivity (Wildman–Crippen MR) is 75.2 cm³/mol. The summed E-state index contributed by atoms with van der Waals surface area (Å²) in [6.45, 7) is 0. The maximum atomic E-state index is 11.3. The maximum Gasteiger partial charge on any atom is 0.336 e. The van der Waals surface area contributed by atoms with Crippen LogP contribution in [0.1, 0.15) is 27.6 Å². The van der Waals surface area contributed by atoms with Crippen molar-refractivity contribution in [3.63, 3.8) is 0 Å². The maximum absolute atomic E-state index is 11.3. The van der Waals surface area contributed by atoms with E-state index in [9.17, 15) is 9.90 Å². The lowest BCUT2D eigenvalue weighted by molar-refractivity contribution is 0.0686. The molecule has 2 aromatic carbocycles. The third kappa shape index (κ3) is 2.65. The number of ether oxygens (including phenoxy) is 2. The molecule has 0 saturated carbocycles. The standard InChI is InChI=1S/C16H16O4/c1-19-14-10-6-5-9-13(14)15(20-2)11-7-3-4-8-12(11)16(17)18/h3-10,15H,1-2H3,(H,17,18).